The zero-order valence-corrected chi connectivity index (χ0v) is 17.9. The Morgan fingerprint density at radius 3 is 2.31 bits per heavy atom. The number of amides is 1. The third-order valence-electron chi connectivity index (χ3n) is 4.35. The van der Waals surface area contributed by atoms with E-state index >= 15 is 0 Å². The van der Waals surface area contributed by atoms with E-state index in [1.807, 2.05) is 50.2 Å². The molecule has 0 aliphatic rings. The lowest BCUT2D eigenvalue weighted by atomic mass is 10.0. The Hall–Kier alpha value is -2.89. The van der Waals surface area contributed by atoms with Crippen molar-refractivity contribution >= 4 is 45.9 Å². The van der Waals surface area contributed by atoms with Crippen LogP contribution in [0.1, 0.15) is 26.4 Å². The van der Waals surface area contributed by atoms with E-state index in [0.717, 1.165) is 27.1 Å². The number of nitrogens with one attached hydrogen (secondary N) is 1. The van der Waals surface area contributed by atoms with Gasteiger partial charge in [0, 0.05) is 21.5 Å². The number of hydrogen-bond donors (Lipinski definition) is 1. The van der Waals surface area contributed by atoms with Crippen LogP contribution < -0.4 is 5.32 Å². The highest BCUT2D eigenvalue weighted by atomic mass is 35.5. The highest BCUT2D eigenvalue weighted by Crippen LogP contribution is 2.40. The molecule has 0 aliphatic heterocycles. The van der Waals surface area contributed by atoms with E-state index in [-0.39, 0.29) is 5.91 Å². The van der Waals surface area contributed by atoms with Gasteiger partial charge in [-0.25, -0.2) is 4.79 Å². The average Bonchev–Trinajstić information content (AvgIpc) is 3.03. The minimum Gasteiger partial charge on any atom is -0.465 e. The highest BCUT2D eigenvalue weighted by Gasteiger charge is 2.24. The Morgan fingerprint density at radius 2 is 1.69 bits per heavy atom. The molecule has 0 spiro atoms. The Bertz CT molecular complexity index is 1070. The molecule has 0 aliphatic carbocycles. The molecule has 1 amide bonds. The van der Waals surface area contributed by atoms with Gasteiger partial charge in [0.1, 0.15) is 10.6 Å². The number of hydrogen-bond acceptors (Lipinski definition) is 4. The largest absolute Gasteiger partial charge is 0.465 e. The molecule has 0 bridgehead atoms. The zero-order valence-electron chi connectivity index (χ0n) is 16.3. The van der Waals surface area contributed by atoms with Gasteiger partial charge >= 0.3 is 5.97 Å². The van der Waals surface area contributed by atoms with Crippen molar-refractivity contribution in [1.29, 1.82) is 0 Å². The molecule has 2 aromatic carbocycles. The number of carbonyl (C=O) groups is 2. The summed E-state index contributed by atoms with van der Waals surface area (Å²) in [5.74, 6) is -0.816. The van der Waals surface area contributed by atoms with Gasteiger partial charge in [-0.15, -0.1) is 11.3 Å². The molecule has 0 atom stereocenters. The molecule has 0 saturated carbocycles. The molecule has 148 valence electrons. The summed E-state index contributed by atoms with van der Waals surface area (Å²) in [5.41, 5.74) is 4.02. The number of benzene rings is 2. The topological polar surface area (TPSA) is 55.4 Å². The summed E-state index contributed by atoms with van der Waals surface area (Å²) in [5, 5.41) is 3.92. The molecular weight excluding hydrogens is 406 g/mol. The summed E-state index contributed by atoms with van der Waals surface area (Å²) < 4.78 is 4.98. The first kappa shape index (κ1) is 20.8. The van der Waals surface area contributed by atoms with E-state index in [9.17, 15) is 9.59 Å². The standard InChI is InChI=1S/C23H20ClNO3S/c1-14-4-9-17(10-5-14)20-15(2)29-22(21(20)23(27)28-3)25-19(26)13-8-16-6-11-18(24)12-7-16/h4-13H,1-3H3,(H,25,26)/b13-8+. The van der Waals surface area contributed by atoms with Crippen molar-refractivity contribution in [2.24, 2.45) is 0 Å². The first-order valence-electron chi connectivity index (χ1n) is 8.92. The summed E-state index contributed by atoms with van der Waals surface area (Å²) in [7, 11) is 1.33. The maximum atomic E-state index is 12.5. The number of rotatable bonds is 5. The average molecular weight is 426 g/mol. The molecule has 29 heavy (non-hydrogen) atoms. The molecule has 1 aromatic heterocycles. The number of thiophene rings is 1. The van der Waals surface area contributed by atoms with Gasteiger partial charge in [-0.1, -0.05) is 53.6 Å². The molecule has 0 saturated heterocycles. The summed E-state index contributed by atoms with van der Waals surface area (Å²) in [6.45, 7) is 3.93. The van der Waals surface area contributed by atoms with Gasteiger partial charge in [-0.2, -0.15) is 0 Å². The van der Waals surface area contributed by atoms with E-state index in [1.165, 1.54) is 24.5 Å². The molecule has 1 heterocycles. The Kier molecular flexibility index (Phi) is 6.52. The fourth-order valence-electron chi connectivity index (χ4n) is 2.90. The van der Waals surface area contributed by atoms with E-state index < -0.39 is 5.97 Å². The normalized spacial score (nSPS) is 10.9. The van der Waals surface area contributed by atoms with Gasteiger partial charge in [0.25, 0.3) is 0 Å². The summed E-state index contributed by atoms with van der Waals surface area (Å²) in [6.07, 6.45) is 3.11. The number of aryl methyl sites for hydroxylation is 2. The van der Waals surface area contributed by atoms with Crippen LogP contribution in [0.15, 0.2) is 54.6 Å². The molecule has 0 unspecified atom stereocenters. The van der Waals surface area contributed by atoms with Crippen molar-refractivity contribution in [2.75, 3.05) is 12.4 Å². The third-order valence-corrected chi connectivity index (χ3v) is 5.62. The monoisotopic (exact) mass is 425 g/mol. The minimum atomic E-state index is -0.484. The zero-order chi connectivity index (χ0) is 21.0. The SMILES string of the molecule is COC(=O)c1c(NC(=O)/C=C/c2ccc(Cl)cc2)sc(C)c1-c1ccc(C)cc1. The lowest BCUT2D eigenvalue weighted by molar-refractivity contribution is -0.111. The van der Waals surface area contributed by atoms with Crippen LogP contribution in [0, 0.1) is 13.8 Å². The number of carbonyl (C=O) groups excluding carboxylic acids is 2. The lowest BCUT2D eigenvalue weighted by Crippen LogP contribution is -2.11. The number of esters is 1. The maximum absolute atomic E-state index is 12.5. The van der Waals surface area contributed by atoms with E-state index in [0.29, 0.717) is 15.6 Å². The maximum Gasteiger partial charge on any atom is 0.341 e. The van der Waals surface area contributed by atoms with Crippen LogP contribution in [0.5, 0.6) is 0 Å². The van der Waals surface area contributed by atoms with Crippen molar-refractivity contribution in [3.63, 3.8) is 0 Å². The molecular formula is C23H20ClNO3S. The highest BCUT2D eigenvalue weighted by molar-refractivity contribution is 7.17. The fourth-order valence-corrected chi connectivity index (χ4v) is 4.09. The molecule has 0 fully saturated rings. The Labute approximate surface area is 178 Å². The molecule has 3 rings (SSSR count). The number of anilines is 1. The summed E-state index contributed by atoms with van der Waals surface area (Å²) in [6, 6.07) is 15.0. The van der Waals surface area contributed by atoms with Crippen LogP contribution >= 0.6 is 22.9 Å². The smallest absolute Gasteiger partial charge is 0.341 e. The quantitative estimate of drug-likeness (QED) is 0.395. The van der Waals surface area contributed by atoms with Gasteiger partial charge in [-0.3, -0.25) is 4.79 Å². The van der Waals surface area contributed by atoms with Crippen LogP contribution in [-0.2, 0) is 9.53 Å². The van der Waals surface area contributed by atoms with E-state index in [2.05, 4.69) is 5.32 Å². The van der Waals surface area contributed by atoms with Crippen molar-refractivity contribution in [2.45, 2.75) is 13.8 Å². The van der Waals surface area contributed by atoms with E-state index in [4.69, 9.17) is 16.3 Å². The van der Waals surface area contributed by atoms with Crippen molar-refractivity contribution in [3.8, 4) is 11.1 Å². The molecule has 6 heteroatoms. The van der Waals surface area contributed by atoms with Crippen LogP contribution in [0.2, 0.25) is 5.02 Å². The second-order valence-electron chi connectivity index (χ2n) is 6.47. The van der Waals surface area contributed by atoms with Crippen LogP contribution in [-0.4, -0.2) is 19.0 Å². The van der Waals surface area contributed by atoms with Gasteiger partial charge in [0.15, 0.2) is 0 Å². The number of ether oxygens (including phenoxy) is 1. The summed E-state index contributed by atoms with van der Waals surface area (Å²) in [4.78, 5) is 25.9. The number of halogens is 1. The van der Waals surface area contributed by atoms with Crippen molar-refractivity contribution < 1.29 is 14.3 Å². The van der Waals surface area contributed by atoms with Gasteiger partial charge in [-0.05, 0) is 43.2 Å². The molecule has 3 aromatic rings. The predicted molar refractivity (Wildman–Crippen MR) is 120 cm³/mol. The van der Waals surface area contributed by atoms with Crippen molar-refractivity contribution in [3.05, 3.63) is 81.2 Å². The second-order valence-corrected chi connectivity index (χ2v) is 8.13. The van der Waals surface area contributed by atoms with Gasteiger partial charge in [0.05, 0.1) is 7.11 Å². The minimum absolute atomic E-state index is 0.332. The van der Waals surface area contributed by atoms with Crippen LogP contribution in [0.25, 0.3) is 17.2 Å². The second kappa shape index (κ2) is 9.07. The molecule has 1 N–H and O–H groups in total. The Morgan fingerprint density at radius 1 is 1.03 bits per heavy atom. The first-order chi connectivity index (χ1) is 13.9. The van der Waals surface area contributed by atoms with Crippen LogP contribution in [0.4, 0.5) is 5.00 Å². The lowest BCUT2D eigenvalue weighted by Gasteiger charge is -2.07. The first-order valence-corrected chi connectivity index (χ1v) is 10.1. The van der Waals surface area contributed by atoms with Crippen molar-refractivity contribution in [1.82, 2.24) is 0 Å². The Balaban J connectivity index is 1.91. The van der Waals surface area contributed by atoms with E-state index in [1.54, 1.807) is 18.2 Å². The van der Waals surface area contributed by atoms with Crippen LogP contribution in [0.3, 0.4) is 0 Å². The fraction of sp³-hybridized carbons (Fsp3) is 0.130. The molecule has 0 radical (unpaired) electrons. The predicted octanol–water partition coefficient (Wildman–Crippen LogP) is 6.12. The van der Waals surface area contributed by atoms with Gasteiger partial charge in [0.2, 0.25) is 5.91 Å². The third kappa shape index (κ3) is 4.94. The molecule has 4 nitrogen and oxygen atoms in total. The number of methoxy groups -OCH3 is 1. The summed E-state index contributed by atoms with van der Waals surface area (Å²) >= 11 is 7.22. The van der Waals surface area contributed by atoms with Gasteiger partial charge < -0.3 is 10.1 Å².